The van der Waals surface area contributed by atoms with Gasteiger partial charge in [0.15, 0.2) is 0 Å². The van der Waals surface area contributed by atoms with Gasteiger partial charge in [-0.25, -0.2) is 14.8 Å². The monoisotopic (exact) mass is 397 g/mol. The maximum absolute atomic E-state index is 12.7. The Morgan fingerprint density at radius 2 is 1.86 bits per heavy atom. The Morgan fingerprint density at radius 3 is 2.62 bits per heavy atom. The average Bonchev–Trinajstić information content (AvgIpc) is 3.36. The van der Waals surface area contributed by atoms with Gasteiger partial charge in [-0.3, -0.25) is 9.69 Å². The van der Waals surface area contributed by atoms with E-state index in [1.54, 1.807) is 14.7 Å². The van der Waals surface area contributed by atoms with Gasteiger partial charge in [-0.15, -0.1) is 0 Å². The Hall–Kier alpha value is -3.36. The predicted octanol–water partition coefficient (Wildman–Crippen LogP) is 1.41. The van der Waals surface area contributed by atoms with Crippen LogP contribution in [0.4, 0.5) is 10.5 Å². The first-order chi connectivity index (χ1) is 14.2. The fourth-order valence-electron chi connectivity index (χ4n) is 3.58. The number of para-hydroxylation sites is 1. The first-order valence-corrected chi connectivity index (χ1v) is 9.56. The van der Waals surface area contributed by atoms with Crippen molar-refractivity contribution in [3.8, 4) is 11.8 Å². The molecule has 2 aliphatic rings. The summed E-state index contributed by atoms with van der Waals surface area (Å²) in [7, 11) is 1.51. The zero-order chi connectivity index (χ0) is 20.2. The maximum atomic E-state index is 12.7. The van der Waals surface area contributed by atoms with E-state index in [1.807, 2.05) is 30.3 Å². The number of hydrogen-bond acceptors (Lipinski definition) is 6. The van der Waals surface area contributed by atoms with Gasteiger partial charge in [0.2, 0.25) is 5.91 Å². The SMILES string of the molecule is COc1nccnc1OC1CCN(C(=O)CN2CCN(c3ccccc3)C2=O)C1. The van der Waals surface area contributed by atoms with Crippen molar-refractivity contribution in [1.29, 1.82) is 0 Å². The fraction of sp³-hybridized carbons (Fsp3) is 0.400. The third-order valence-corrected chi connectivity index (χ3v) is 5.09. The molecule has 0 saturated carbocycles. The highest BCUT2D eigenvalue weighted by atomic mass is 16.5. The highest BCUT2D eigenvalue weighted by Gasteiger charge is 2.34. The molecular weight excluding hydrogens is 374 g/mol. The van der Waals surface area contributed by atoms with Crippen molar-refractivity contribution in [3.05, 3.63) is 42.7 Å². The van der Waals surface area contributed by atoms with Gasteiger partial charge < -0.3 is 19.3 Å². The topological polar surface area (TPSA) is 88.1 Å². The minimum atomic E-state index is -0.181. The second kappa shape index (κ2) is 8.34. The summed E-state index contributed by atoms with van der Waals surface area (Å²) in [4.78, 5) is 38.6. The highest BCUT2D eigenvalue weighted by Crippen LogP contribution is 2.24. The van der Waals surface area contributed by atoms with Gasteiger partial charge in [-0.2, -0.15) is 0 Å². The van der Waals surface area contributed by atoms with Crippen LogP contribution in [0.25, 0.3) is 0 Å². The van der Waals surface area contributed by atoms with E-state index in [9.17, 15) is 9.59 Å². The van der Waals surface area contributed by atoms with Crippen LogP contribution in [-0.2, 0) is 4.79 Å². The van der Waals surface area contributed by atoms with E-state index < -0.39 is 0 Å². The Labute approximate surface area is 168 Å². The van der Waals surface area contributed by atoms with Crippen LogP contribution in [0.2, 0.25) is 0 Å². The molecule has 2 aromatic rings. The molecule has 0 spiro atoms. The van der Waals surface area contributed by atoms with E-state index in [0.717, 1.165) is 5.69 Å². The summed E-state index contributed by atoms with van der Waals surface area (Å²) in [5.74, 6) is 0.564. The van der Waals surface area contributed by atoms with Crippen LogP contribution in [0.3, 0.4) is 0 Å². The van der Waals surface area contributed by atoms with Gasteiger partial charge in [0.1, 0.15) is 12.6 Å². The number of rotatable bonds is 6. The van der Waals surface area contributed by atoms with E-state index in [4.69, 9.17) is 9.47 Å². The number of aromatic nitrogens is 2. The van der Waals surface area contributed by atoms with Crippen molar-refractivity contribution in [2.75, 3.05) is 44.7 Å². The van der Waals surface area contributed by atoms with Crippen LogP contribution in [0.1, 0.15) is 6.42 Å². The lowest BCUT2D eigenvalue weighted by Gasteiger charge is -2.22. The molecule has 2 saturated heterocycles. The van der Waals surface area contributed by atoms with Crippen LogP contribution in [0, 0.1) is 0 Å². The Bertz CT molecular complexity index is 878. The van der Waals surface area contributed by atoms with Gasteiger partial charge in [0.05, 0.1) is 13.7 Å². The van der Waals surface area contributed by atoms with Gasteiger partial charge in [0.25, 0.3) is 11.8 Å². The molecule has 0 bridgehead atoms. The van der Waals surface area contributed by atoms with Crippen LogP contribution in [0.5, 0.6) is 11.8 Å². The number of likely N-dealkylation sites (tertiary alicyclic amines) is 1. The number of ether oxygens (including phenoxy) is 2. The first-order valence-electron chi connectivity index (χ1n) is 9.56. The summed E-state index contributed by atoms with van der Waals surface area (Å²) >= 11 is 0. The van der Waals surface area contributed by atoms with E-state index >= 15 is 0 Å². The maximum Gasteiger partial charge on any atom is 0.325 e. The number of methoxy groups -OCH3 is 1. The summed E-state index contributed by atoms with van der Waals surface area (Å²) in [6.45, 7) is 2.21. The van der Waals surface area contributed by atoms with E-state index in [0.29, 0.717) is 44.4 Å². The normalized spacial score (nSPS) is 19.0. The van der Waals surface area contributed by atoms with Crippen molar-refractivity contribution in [3.63, 3.8) is 0 Å². The third-order valence-electron chi connectivity index (χ3n) is 5.09. The molecule has 2 aliphatic heterocycles. The molecule has 3 heterocycles. The number of anilines is 1. The van der Waals surface area contributed by atoms with Gasteiger partial charge in [-0.1, -0.05) is 18.2 Å². The van der Waals surface area contributed by atoms with Crippen LogP contribution in [0.15, 0.2) is 42.7 Å². The van der Waals surface area contributed by atoms with Crippen molar-refractivity contribution in [1.82, 2.24) is 19.8 Å². The number of nitrogens with zero attached hydrogens (tertiary/aromatic N) is 5. The number of benzene rings is 1. The van der Waals surface area contributed by atoms with Crippen molar-refractivity contribution in [2.24, 2.45) is 0 Å². The Balaban J connectivity index is 1.31. The second-order valence-corrected chi connectivity index (χ2v) is 6.93. The van der Waals surface area contributed by atoms with Crippen molar-refractivity contribution in [2.45, 2.75) is 12.5 Å². The summed E-state index contributed by atoms with van der Waals surface area (Å²) < 4.78 is 11.0. The van der Waals surface area contributed by atoms with E-state index in [2.05, 4.69) is 9.97 Å². The largest absolute Gasteiger partial charge is 0.477 e. The summed E-state index contributed by atoms with van der Waals surface area (Å²) in [6, 6.07) is 9.35. The Kier molecular flexibility index (Phi) is 5.46. The molecule has 0 aliphatic carbocycles. The lowest BCUT2D eigenvalue weighted by molar-refractivity contribution is -0.130. The van der Waals surface area contributed by atoms with E-state index in [-0.39, 0.29) is 24.6 Å². The van der Waals surface area contributed by atoms with Crippen LogP contribution in [-0.4, -0.2) is 77.6 Å². The predicted molar refractivity (Wildman–Crippen MR) is 105 cm³/mol. The molecule has 1 atom stereocenters. The number of amides is 3. The minimum absolute atomic E-state index is 0.0728. The first kappa shape index (κ1) is 19.0. The van der Waals surface area contributed by atoms with Gasteiger partial charge in [-0.05, 0) is 12.1 Å². The molecular formula is C20H23N5O4. The molecule has 2 fully saturated rings. The smallest absolute Gasteiger partial charge is 0.325 e. The lowest BCUT2D eigenvalue weighted by Crippen LogP contribution is -2.42. The zero-order valence-electron chi connectivity index (χ0n) is 16.2. The van der Waals surface area contributed by atoms with Gasteiger partial charge >= 0.3 is 6.03 Å². The molecule has 152 valence electrons. The van der Waals surface area contributed by atoms with Crippen LogP contribution >= 0.6 is 0 Å². The molecule has 4 rings (SSSR count). The van der Waals surface area contributed by atoms with E-state index in [1.165, 1.54) is 19.5 Å². The Morgan fingerprint density at radius 1 is 1.10 bits per heavy atom. The second-order valence-electron chi connectivity index (χ2n) is 6.93. The lowest BCUT2D eigenvalue weighted by atomic mass is 10.3. The summed E-state index contributed by atoms with van der Waals surface area (Å²) in [6.07, 6.45) is 3.57. The number of carbonyl (C=O) groups is 2. The zero-order valence-corrected chi connectivity index (χ0v) is 16.2. The molecule has 0 N–H and O–H groups in total. The molecule has 9 nitrogen and oxygen atoms in total. The molecule has 29 heavy (non-hydrogen) atoms. The molecule has 1 unspecified atom stereocenters. The summed E-state index contributed by atoms with van der Waals surface area (Å²) in [5, 5.41) is 0. The number of hydrogen-bond donors (Lipinski definition) is 0. The fourth-order valence-corrected chi connectivity index (χ4v) is 3.58. The number of carbonyl (C=O) groups excluding carboxylic acids is 2. The highest BCUT2D eigenvalue weighted by molar-refractivity contribution is 5.96. The van der Waals surface area contributed by atoms with Crippen molar-refractivity contribution >= 4 is 17.6 Å². The molecule has 1 aromatic heterocycles. The standard InChI is InChI=1S/C20H23N5O4/c1-28-18-19(22-9-8-21-18)29-16-7-10-23(13-16)17(26)14-24-11-12-25(20(24)27)15-5-3-2-4-6-15/h2-6,8-9,16H,7,10-14H2,1H3. The van der Waals surface area contributed by atoms with Crippen LogP contribution < -0.4 is 14.4 Å². The van der Waals surface area contributed by atoms with Gasteiger partial charge in [0, 0.05) is 44.1 Å². The average molecular weight is 397 g/mol. The molecule has 3 amide bonds. The minimum Gasteiger partial charge on any atom is -0.477 e. The quantitative estimate of drug-likeness (QED) is 0.732. The van der Waals surface area contributed by atoms with Crippen molar-refractivity contribution < 1.29 is 19.1 Å². The molecule has 1 aromatic carbocycles. The molecule has 9 heteroatoms. The number of urea groups is 1. The summed E-state index contributed by atoms with van der Waals surface area (Å²) in [5.41, 5.74) is 0.847. The third kappa shape index (κ3) is 4.08. The molecule has 0 radical (unpaired) electrons.